The quantitative estimate of drug-likeness (QED) is 0.689. The molecule has 2 N–H and O–H groups in total. The smallest absolute Gasteiger partial charge is 0.314 e. The Kier molecular flexibility index (Phi) is 3.90. The minimum atomic E-state index is -0.801. The number of rotatable bonds is 4. The molecule has 0 unspecified atom stereocenters. The minimum Gasteiger partial charge on any atom is -0.447 e. The van der Waals surface area contributed by atoms with Gasteiger partial charge in [-0.15, -0.1) is 0 Å². The van der Waals surface area contributed by atoms with Crippen LogP contribution in [0.5, 0.6) is 11.5 Å². The number of hydrogen-bond acceptors (Lipinski definition) is 4. The van der Waals surface area contributed by atoms with E-state index in [1.165, 1.54) is 18.2 Å². The standard InChI is InChI=1S/C13H10F2N2O3/c14-9-2-4-13(11(6-9)17(18)19)20-12-3-1-8(7-16)5-10(12)15/h1-6H,7,16H2. The summed E-state index contributed by atoms with van der Waals surface area (Å²) in [5, 5.41) is 10.8. The molecule has 0 saturated carbocycles. The second-order valence-corrected chi connectivity index (χ2v) is 3.94. The number of hydrogen-bond donors (Lipinski definition) is 1. The summed E-state index contributed by atoms with van der Waals surface area (Å²) in [6, 6.07) is 6.79. The van der Waals surface area contributed by atoms with Gasteiger partial charge < -0.3 is 10.5 Å². The Morgan fingerprint density at radius 3 is 2.45 bits per heavy atom. The molecule has 0 aliphatic rings. The van der Waals surface area contributed by atoms with E-state index in [-0.39, 0.29) is 18.0 Å². The van der Waals surface area contributed by atoms with Crippen LogP contribution in [0.4, 0.5) is 14.5 Å². The number of ether oxygens (including phenoxy) is 1. The first kappa shape index (κ1) is 13.9. The van der Waals surface area contributed by atoms with Gasteiger partial charge in [0.1, 0.15) is 5.82 Å². The normalized spacial score (nSPS) is 10.3. The van der Waals surface area contributed by atoms with Crippen molar-refractivity contribution in [3.05, 3.63) is 63.7 Å². The number of nitro benzene ring substituents is 1. The predicted octanol–water partition coefficient (Wildman–Crippen LogP) is 3.12. The predicted molar refractivity (Wildman–Crippen MR) is 67.4 cm³/mol. The van der Waals surface area contributed by atoms with E-state index in [2.05, 4.69) is 0 Å². The second kappa shape index (κ2) is 5.62. The number of benzene rings is 2. The van der Waals surface area contributed by atoms with Crippen molar-refractivity contribution in [2.75, 3.05) is 0 Å². The zero-order chi connectivity index (χ0) is 14.7. The van der Waals surface area contributed by atoms with Crippen molar-refractivity contribution < 1.29 is 18.4 Å². The van der Waals surface area contributed by atoms with Gasteiger partial charge in [-0.05, 0) is 29.8 Å². The van der Waals surface area contributed by atoms with E-state index >= 15 is 0 Å². The van der Waals surface area contributed by atoms with Crippen LogP contribution in [0.3, 0.4) is 0 Å². The van der Waals surface area contributed by atoms with Crippen molar-refractivity contribution >= 4 is 5.69 Å². The van der Waals surface area contributed by atoms with E-state index in [1.807, 2.05) is 0 Å². The van der Waals surface area contributed by atoms with Crippen LogP contribution in [-0.4, -0.2) is 4.92 Å². The third kappa shape index (κ3) is 2.89. The lowest BCUT2D eigenvalue weighted by atomic mass is 10.2. The fourth-order valence-electron chi connectivity index (χ4n) is 1.59. The van der Waals surface area contributed by atoms with Crippen molar-refractivity contribution in [2.45, 2.75) is 6.54 Å². The van der Waals surface area contributed by atoms with Gasteiger partial charge in [0.15, 0.2) is 11.6 Å². The first-order valence-electron chi connectivity index (χ1n) is 5.61. The number of nitrogens with two attached hydrogens (primary N) is 1. The summed E-state index contributed by atoms with van der Waals surface area (Å²) >= 11 is 0. The summed E-state index contributed by atoms with van der Waals surface area (Å²) in [5.41, 5.74) is 5.35. The third-order valence-electron chi connectivity index (χ3n) is 2.57. The van der Waals surface area contributed by atoms with E-state index in [1.54, 1.807) is 0 Å². The molecule has 0 bridgehead atoms. The molecule has 5 nitrogen and oxygen atoms in total. The highest BCUT2D eigenvalue weighted by Crippen LogP contribution is 2.33. The molecular weight excluding hydrogens is 270 g/mol. The molecule has 2 aromatic rings. The Morgan fingerprint density at radius 2 is 1.85 bits per heavy atom. The molecule has 0 spiro atoms. The van der Waals surface area contributed by atoms with E-state index in [0.717, 1.165) is 12.1 Å². The summed E-state index contributed by atoms with van der Waals surface area (Å²) < 4.78 is 31.8. The maximum Gasteiger partial charge on any atom is 0.314 e. The van der Waals surface area contributed by atoms with Crippen molar-refractivity contribution in [1.29, 1.82) is 0 Å². The summed E-state index contributed by atoms with van der Waals surface area (Å²) in [7, 11) is 0. The van der Waals surface area contributed by atoms with Crippen LogP contribution in [0, 0.1) is 21.7 Å². The molecule has 0 atom stereocenters. The molecule has 0 saturated heterocycles. The fraction of sp³-hybridized carbons (Fsp3) is 0.0769. The monoisotopic (exact) mass is 280 g/mol. The van der Waals surface area contributed by atoms with Gasteiger partial charge in [-0.3, -0.25) is 10.1 Å². The zero-order valence-corrected chi connectivity index (χ0v) is 10.2. The van der Waals surface area contributed by atoms with Crippen LogP contribution < -0.4 is 10.5 Å². The molecule has 2 aromatic carbocycles. The van der Waals surface area contributed by atoms with Gasteiger partial charge in [-0.2, -0.15) is 0 Å². The van der Waals surface area contributed by atoms with Crippen molar-refractivity contribution in [3.63, 3.8) is 0 Å². The van der Waals surface area contributed by atoms with Crippen LogP contribution in [0.2, 0.25) is 0 Å². The second-order valence-electron chi connectivity index (χ2n) is 3.94. The van der Waals surface area contributed by atoms with Crippen molar-refractivity contribution in [3.8, 4) is 11.5 Å². The summed E-state index contributed by atoms with van der Waals surface area (Å²) in [6.45, 7) is 0.161. The van der Waals surface area contributed by atoms with Crippen molar-refractivity contribution in [1.82, 2.24) is 0 Å². The molecule has 2 rings (SSSR count). The highest BCUT2D eigenvalue weighted by Gasteiger charge is 2.18. The molecule has 104 valence electrons. The Morgan fingerprint density at radius 1 is 1.15 bits per heavy atom. The highest BCUT2D eigenvalue weighted by molar-refractivity contribution is 5.48. The number of nitrogens with zero attached hydrogens (tertiary/aromatic N) is 1. The lowest BCUT2D eigenvalue weighted by Crippen LogP contribution is -1.99. The molecule has 0 aliphatic carbocycles. The van der Waals surface area contributed by atoms with Crippen molar-refractivity contribution in [2.24, 2.45) is 5.73 Å². The van der Waals surface area contributed by atoms with Gasteiger partial charge in [-0.1, -0.05) is 6.07 Å². The summed E-state index contributed by atoms with van der Waals surface area (Å²) in [5.74, 6) is -1.91. The topological polar surface area (TPSA) is 78.4 Å². The van der Waals surface area contributed by atoms with Gasteiger partial charge in [0.2, 0.25) is 5.75 Å². The van der Waals surface area contributed by atoms with Gasteiger partial charge in [0.05, 0.1) is 11.0 Å². The maximum absolute atomic E-state index is 13.7. The van der Waals surface area contributed by atoms with Crippen LogP contribution in [-0.2, 0) is 6.54 Å². The Labute approximate surface area is 112 Å². The van der Waals surface area contributed by atoms with Gasteiger partial charge in [0.25, 0.3) is 0 Å². The Hall–Kier alpha value is -2.54. The largest absolute Gasteiger partial charge is 0.447 e. The van der Waals surface area contributed by atoms with Gasteiger partial charge in [-0.25, -0.2) is 8.78 Å². The van der Waals surface area contributed by atoms with Crippen LogP contribution in [0.15, 0.2) is 36.4 Å². The Balaban J connectivity index is 2.37. The van der Waals surface area contributed by atoms with Crippen LogP contribution in [0.25, 0.3) is 0 Å². The Bertz CT molecular complexity index is 662. The number of nitro groups is 1. The third-order valence-corrected chi connectivity index (χ3v) is 2.57. The SMILES string of the molecule is NCc1ccc(Oc2ccc(F)cc2[N+](=O)[O-])c(F)c1. The first-order chi connectivity index (χ1) is 9.51. The number of halogens is 2. The summed E-state index contributed by atoms with van der Waals surface area (Å²) in [6.07, 6.45) is 0. The van der Waals surface area contributed by atoms with Gasteiger partial charge >= 0.3 is 5.69 Å². The molecule has 0 aliphatic heterocycles. The van der Waals surface area contributed by atoms with E-state index < -0.39 is 22.2 Å². The van der Waals surface area contributed by atoms with Crippen LogP contribution in [0.1, 0.15) is 5.56 Å². The minimum absolute atomic E-state index is 0.161. The average molecular weight is 280 g/mol. The average Bonchev–Trinajstić information content (AvgIpc) is 2.42. The molecule has 7 heteroatoms. The molecule has 0 radical (unpaired) electrons. The van der Waals surface area contributed by atoms with Gasteiger partial charge in [0, 0.05) is 6.54 Å². The highest BCUT2D eigenvalue weighted by atomic mass is 19.1. The van der Waals surface area contributed by atoms with Crippen LogP contribution >= 0.6 is 0 Å². The van der Waals surface area contributed by atoms with E-state index in [4.69, 9.17) is 10.5 Å². The van der Waals surface area contributed by atoms with E-state index in [9.17, 15) is 18.9 Å². The molecule has 0 aromatic heterocycles. The lowest BCUT2D eigenvalue weighted by Gasteiger charge is -2.08. The fourth-order valence-corrected chi connectivity index (χ4v) is 1.59. The van der Waals surface area contributed by atoms with E-state index in [0.29, 0.717) is 11.6 Å². The maximum atomic E-state index is 13.7. The lowest BCUT2D eigenvalue weighted by molar-refractivity contribution is -0.385. The molecule has 0 fully saturated rings. The molecule has 20 heavy (non-hydrogen) atoms. The zero-order valence-electron chi connectivity index (χ0n) is 10.2. The summed E-state index contributed by atoms with van der Waals surface area (Å²) in [4.78, 5) is 10.00. The molecule has 0 amide bonds. The first-order valence-corrected chi connectivity index (χ1v) is 5.61. The molecule has 0 heterocycles. The molecular formula is C13H10F2N2O3.